The number of rotatable bonds is 4. The number of amides is 1. The quantitative estimate of drug-likeness (QED) is 0.568. The average Bonchev–Trinajstić information content (AvgIpc) is 3.09. The van der Waals surface area contributed by atoms with Crippen molar-refractivity contribution < 1.29 is 14.8 Å². The van der Waals surface area contributed by atoms with Crippen LogP contribution >= 0.6 is 23.7 Å². The van der Waals surface area contributed by atoms with Crippen LogP contribution in [0, 0.1) is 16.0 Å². The monoisotopic (exact) mass is 357 g/mol. The van der Waals surface area contributed by atoms with E-state index in [1.165, 1.54) is 23.5 Å². The van der Waals surface area contributed by atoms with Crippen LogP contribution in [0.2, 0.25) is 0 Å². The number of carbonyl (C=O) groups is 1. The maximum absolute atomic E-state index is 12.2. The summed E-state index contributed by atoms with van der Waals surface area (Å²) < 4.78 is 0.832. The van der Waals surface area contributed by atoms with Gasteiger partial charge in [0.2, 0.25) is 0 Å². The Morgan fingerprint density at radius 3 is 2.87 bits per heavy atom. The highest BCUT2D eigenvalue weighted by Gasteiger charge is 2.25. The van der Waals surface area contributed by atoms with Crippen LogP contribution in [-0.2, 0) is 0 Å². The minimum atomic E-state index is -0.453. The molecule has 0 saturated carbocycles. The van der Waals surface area contributed by atoms with Gasteiger partial charge in [-0.25, -0.2) is 0 Å². The summed E-state index contributed by atoms with van der Waals surface area (Å²) in [6.45, 7) is 1.63. The first kappa shape index (κ1) is 17.6. The highest BCUT2D eigenvalue weighted by atomic mass is 35.5. The molecule has 1 amide bonds. The normalized spacial score (nSPS) is 20.2. The summed E-state index contributed by atoms with van der Waals surface area (Å²) in [6, 6.07) is 6.21. The lowest BCUT2D eigenvalue weighted by Gasteiger charge is -2.13. The molecule has 7 nitrogen and oxygen atoms in total. The molecule has 1 aliphatic rings. The van der Waals surface area contributed by atoms with Crippen molar-refractivity contribution in [1.82, 2.24) is 10.6 Å². The predicted octanol–water partition coefficient (Wildman–Crippen LogP) is 1.54. The summed E-state index contributed by atoms with van der Waals surface area (Å²) in [4.78, 5) is 23.0. The Balaban J connectivity index is 0.00000192. The highest BCUT2D eigenvalue weighted by Crippen LogP contribution is 2.28. The number of nitro benzene ring substituents is 1. The third-order valence-corrected chi connectivity index (χ3v) is 4.88. The van der Waals surface area contributed by atoms with Gasteiger partial charge in [-0.3, -0.25) is 14.9 Å². The Morgan fingerprint density at radius 2 is 2.22 bits per heavy atom. The molecule has 0 spiro atoms. The molecule has 2 heterocycles. The number of carbonyl (C=O) groups excluding carboxylic acids is 1. The number of halogens is 1. The number of fused-ring (bicyclic) bond motifs is 1. The number of non-ortho nitro benzene ring substituents is 1. The summed E-state index contributed by atoms with van der Waals surface area (Å²) in [5.41, 5.74) is 0.0115. The van der Waals surface area contributed by atoms with Crippen LogP contribution in [0.25, 0.3) is 10.1 Å². The molecule has 1 aromatic carbocycles. The summed E-state index contributed by atoms with van der Waals surface area (Å²) in [5, 5.41) is 27.0. The molecular formula is C14H16ClN3O4S. The molecule has 3 N–H and O–H groups in total. The van der Waals surface area contributed by atoms with Gasteiger partial charge in [0.25, 0.3) is 11.6 Å². The van der Waals surface area contributed by atoms with Gasteiger partial charge in [-0.2, -0.15) is 0 Å². The zero-order chi connectivity index (χ0) is 15.7. The van der Waals surface area contributed by atoms with Crippen molar-refractivity contribution in [2.45, 2.75) is 6.10 Å². The molecule has 2 aromatic rings. The largest absolute Gasteiger partial charge is 0.391 e. The van der Waals surface area contributed by atoms with Gasteiger partial charge in [0.05, 0.1) is 15.9 Å². The molecule has 23 heavy (non-hydrogen) atoms. The zero-order valence-electron chi connectivity index (χ0n) is 12.0. The molecule has 124 valence electrons. The van der Waals surface area contributed by atoms with Crippen molar-refractivity contribution >= 4 is 45.4 Å². The second-order valence-electron chi connectivity index (χ2n) is 5.29. The van der Waals surface area contributed by atoms with Crippen LogP contribution in [-0.4, -0.2) is 41.7 Å². The molecule has 1 aliphatic heterocycles. The number of aliphatic hydroxyl groups is 1. The molecule has 9 heteroatoms. The molecule has 3 rings (SSSR count). The predicted molar refractivity (Wildman–Crippen MR) is 90.4 cm³/mol. The zero-order valence-corrected chi connectivity index (χ0v) is 13.7. The van der Waals surface area contributed by atoms with Crippen molar-refractivity contribution in [2.24, 2.45) is 5.92 Å². The second kappa shape index (κ2) is 7.22. The van der Waals surface area contributed by atoms with Gasteiger partial charge in [0.15, 0.2) is 0 Å². The standard InChI is InChI=1S/C14H15N3O4S.ClH/c18-11-7-15-5-9(11)6-16-14(19)13-4-8-3-10(17(20)21)1-2-12(8)22-13;/h1-4,9,11,15,18H,5-7H2,(H,16,19);1H. The van der Waals surface area contributed by atoms with E-state index in [0.29, 0.717) is 29.9 Å². The Morgan fingerprint density at radius 1 is 1.43 bits per heavy atom. The smallest absolute Gasteiger partial charge is 0.270 e. The topological polar surface area (TPSA) is 104 Å². The molecule has 1 saturated heterocycles. The van der Waals surface area contributed by atoms with E-state index in [4.69, 9.17) is 0 Å². The van der Waals surface area contributed by atoms with E-state index in [2.05, 4.69) is 10.6 Å². The number of hydrogen-bond donors (Lipinski definition) is 3. The molecule has 1 aromatic heterocycles. The van der Waals surface area contributed by atoms with E-state index in [-0.39, 0.29) is 29.9 Å². The first-order valence-corrected chi connectivity index (χ1v) is 7.71. The number of β-amino-alcohol motifs (C(OH)–C–C–N with tert-alkyl or cyclic N) is 1. The van der Waals surface area contributed by atoms with Crippen molar-refractivity contribution in [3.63, 3.8) is 0 Å². The summed E-state index contributed by atoms with van der Waals surface area (Å²) in [7, 11) is 0. The van der Waals surface area contributed by atoms with Crippen LogP contribution in [0.1, 0.15) is 9.67 Å². The molecule has 2 unspecified atom stereocenters. The fourth-order valence-electron chi connectivity index (χ4n) is 2.49. The van der Waals surface area contributed by atoms with Crippen LogP contribution in [0.3, 0.4) is 0 Å². The summed E-state index contributed by atoms with van der Waals surface area (Å²) in [6.07, 6.45) is -0.439. The van der Waals surface area contributed by atoms with Gasteiger partial charge in [-0.05, 0) is 12.1 Å². The van der Waals surface area contributed by atoms with E-state index in [1.54, 1.807) is 12.1 Å². The maximum atomic E-state index is 12.2. The molecule has 0 bridgehead atoms. The Bertz CT molecular complexity index is 736. The second-order valence-corrected chi connectivity index (χ2v) is 6.37. The van der Waals surface area contributed by atoms with Gasteiger partial charge in [-0.15, -0.1) is 23.7 Å². The van der Waals surface area contributed by atoms with Gasteiger partial charge in [0, 0.05) is 47.8 Å². The fourth-order valence-corrected chi connectivity index (χ4v) is 3.45. The van der Waals surface area contributed by atoms with Gasteiger partial charge in [0.1, 0.15) is 0 Å². The number of aliphatic hydroxyl groups excluding tert-OH is 1. The van der Waals surface area contributed by atoms with E-state index in [9.17, 15) is 20.0 Å². The summed E-state index contributed by atoms with van der Waals surface area (Å²) in [5.74, 6) is -0.206. The van der Waals surface area contributed by atoms with Crippen molar-refractivity contribution in [3.05, 3.63) is 39.3 Å². The van der Waals surface area contributed by atoms with Crippen LogP contribution < -0.4 is 10.6 Å². The number of thiophene rings is 1. The number of nitrogens with zero attached hydrogens (tertiary/aromatic N) is 1. The average molecular weight is 358 g/mol. The van der Waals surface area contributed by atoms with Crippen molar-refractivity contribution in [1.29, 1.82) is 0 Å². The lowest BCUT2D eigenvalue weighted by atomic mass is 10.1. The van der Waals surface area contributed by atoms with Crippen LogP contribution in [0.4, 0.5) is 5.69 Å². The SMILES string of the molecule is Cl.O=C(NCC1CNCC1O)c1cc2cc([N+](=O)[O-])ccc2s1. The fraction of sp³-hybridized carbons (Fsp3) is 0.357. The lowest BCUT2D eigenvalue weighted by Crippen LogP contribution is -2.33. The summed E-state index contributed by atoms with van der Waals surface area (Å²) >= 11 is 1.30. The number of nitro groups is 1. The van der Waals surface area contributed by atoms with Crippen molar-refractivity contribution in [3.8, 4) is 0 Å². The van der Waals surface area contributed by atoms with Crippen LogP contribution in [0.5, 0.6) is 0 Å². The van der Waals surface area contributed by atoms with Crippen LogP contribution in [0.15, 0.2) is 24.3 Å². The Labute approximate surface area is 142 Å². The maximum Gasteiger partial charge on any atom is 0.270 e. The molecule has 0 radical (unpaired) electrons. The number of benzene rings is 1. The van der Waals surface area contributed by atoms with E-state index in [1.807, 2.05) is 0 Å². The van der Waals surface area contributed by atoms with E-state index < -0.39 is 11.0 Å². The Kier molecular flexibility index (Phi) is 5.53. The highest BCUT2D eigenvalue weighted by molar-refractivity contribution is 7.20. The third-order valence-electron chi connectivity index (χ3n) is 3.76. The Hall–Kier alpha value is -1.74. The number of nitrogens with one attached hydrogen (secondary N) is 2. The van der Waals surface area contributed by atoms with Crippen molar-refractivity contribution in [2.75, 3.05) is 19.6 Å². The molecule has 0 aliphatic carbocycles. The lowest BCUT2D eigenvalue weighted by molar-refractivity contribution is -0.384. The minimum Gasteiger partial charge on any atom is -0.391 e. The molecule has 1 fully saturated rings. The van der Waals surface area contributed by atoms with E-state index in [0.717, 1.165) is 4.70 Å². The number of hydrogen-bond acceptors (Lipinski definition) is 6. The van der Waals surface area contributed by atoms with Gasteiger partial charge >= 0.3 is 0 Å². The first-order chi connectivity index (χ1) is 10.5. The van der Waals surface area contributed by atoms with Gasteiger partial charge < -0.3 is 15.7 Å². The third kappa shape index (κ3) is 3.78. The molecule has 2 atom stereocenters. The first-order valence-electron chi connectivity index (χ1n) is 6.89. The molecular weight excluding hydrogens is 342 g/mol. The van der Waals surface area contributed by atoms with Gasteiger partial charge in [-0.1, -0.05) is 0 Å². The van der Waals surface area contributed by atoms with E-state index >= 15 is 0 Å². The minimum absolute atomic E-state index is 0.